The zero-order valence-corrected chi connectivity index (χ0v) is 13.6. The Morgan fingerprint density at radius 2 is 1.91 bits per heavy atom. The van der Waals surface area contributed by atoms with Gasteiger partial charge in [-0.2, -0.15) is 0 Å². The first-order valence-electron chi connectivity index (χ1n) is 7.76. The van der Waals surface area contributed by atoms with Crippen LogP contribution in [0.15, 0.2) is 33.9 Å². The molecule has 122 valence electrons. The first-order chi connectivity index (χ1) is 11.2. The lowest BCUT2D eigenvalue weighted by atomic mass is 10.1. The number of hydrogen-bond acceptors (Lipinski definition) is 6. The van der Waals surface area contributed by atoms with Crippen molar-refractivity contribution in [2.45, 2.75) is 30.9 Å². The summed E-state index contributed by atoms with van der Waals surface area (Å²) in [4.78, 5) is 14.0. The van der Waals surface area contributed by atoms with Crippen LogP contribution in [0.5, 0.6) is 5.75 Å². The summed E-state index contributed by atoms with van der Waals surface area (Å²) in [7, 11) is 0. The van der Waals surface area contributed by atoms with Crippen LogP contribution in [0.2, 0.25) is 0 Å². The Labute approximate surface area is 138 Å². The third kappa shape index (κ3) is 4.25. The molecule has 0 radical (unpaired) electrons. The third-order valence-electron chi connectivity index (χ3n) is 3.77. The van der Waals surface area contributed by atoms with Gasteiger partial charge >= 0.3 is 0 Å². The molecule has 0 unspecified atom stereocenters. The van der Waals surface area contributed by atoms with Crippen LogP contribution in [0.1, 0.15) is 25.7 Å². The molecule has 3 rings (SSSR count). The number of likely N-dealkylation sites (tertiary alicyclic amines) is 1. The second-order valence-electron chi connectivity index (χ2n) is 5.46. The van der Waals surface area contributed by atoms with Crippen molar-refractivity contribution < 1.29 is 14.3 Å². The van der Waals surface area contributed by atoms with Crippen LogP contribution >= 0.6 is 11.8 Å². The lowest BCUT2D eigenvalue weighted by molar-refractivity contribution is -0.131. The summed E-state index contributed by atoms with van der Waals surface area (Å²) in [6.45, 7) is 1.77. The topological polar surface area (TPSA) is 79.5 Å². The van der Waals surface area contributed by atoms with Crippen molar-refractivity contribution in [3.05, 3.63) is 24.3 Å². The Kier molecular flexibility index (Phi) is 5.17. The Morgan fingerprint density at radius 1 is 1.17 bits per heavy atom. The fourth-order valence-corrected chi connectivity index (χ4v) is 3.20. The number of rotatable bonds is 5. The minimum atomic E-state index is 0.194. The van der Waals surface area contributed by atoms with E-state index in [0.29, 0.717) is 23.3 Å². The molecule has 1 amide bonds. The van der Waals surface area contributed by atoms with Crippen LogP contribution in [0, 0.1) is 0 Å². The summed E-state index contributed by atoms with van der Waals surface area (Å²) in [5.41, 5.74) is 0.756. The minimum absolute atomic E-state index is 0.194. The first kappa shape index (κ1) is 15.9. The monoisotopic (exact) mass is 333 g/mol. The molecule has 1 aromatic carbocycles. The molecule has 1 N–H and O–H groups in total. The molecule has 1 saturated heterocycles. The number of hydrogen-bond donors (Lipinski definition) is 1. The number of aromatic hydroxyl groups is 1. The zero-order chi connectivity index (χ0) is 16.1. The number of aromatic nitrogens is 2. The highest BCUT2D eigenvalue weighted by atomic mass is 32.2. The maximum absolute atomic E-state index is 12.1. The fraction of sp³-hybridized carbons (Fsp3) is 0.438. The van der Waals surface area contributed by atoms with E-state index in [0.717, 1.165) is 31.5 Å². The Morgan fingerprint density at radius 3 is 2.65 bits per heavy atom. The average molecular weight is 333 g/mol. The van der Waals surface area contributed by atoms with Gasteiger partial charge in [-0.1, -0.05) is 11.8 Å². The largest absolute Gasteiger partial charge is 0.508 e. The van der Waals surface area contributed by atoms with E-state index in [1.54, 1.807) is 24.3 Å². The van der Waals surface area contributed by atoms with E-state index in [1.807, 2.05) is 4.90 Å². The van der Waals surface area contributed by atoms with Gasteiger partial charge < -0.3 is 14.4 Å². The molecule has 2 aromatic rings. The summed E-state index contributed by atoms with van der Waals surface area (Å²) in [5.74, 6) is 1.44. The molecule has 23 heavy (non-hydrogen) atoms. The minimum Gasteiger partial charge on any atom is -0.508 e. The number of phenolic OH excluding ortho intramolecular Hbond substituents is 1. The van der Waals surface area contributed by atoms with Crippen molar-refractivity contribution in [1.82, 2.24) is 15.1 Å². The number of amides is 1. The van der Waals surface area contributed by atoms with Crippen LogP contribution < -0.4 is 0 Å². The number of carbonyl (C=O) groups excluding carboxylic acids is 1. The molecule has 1 aromatic heterocycles. The summed E-state index contributed by atoms with van der Waals surface area (Å²) in [5, 5.41) is 17.7. The van der Waals surface area contributed by atoms with Crippen molar-refractivity contribution in [2.75, 3.05) is 18.8 Å². The molecule has 0 spiro atoms. The van der Waals surface area contributed by atoms with Gasteiger partial charge in [0.2, 0.25) is 11.8 Å². The Hall–Kier alpha value is -2.02. The summed E-state index contributed by atoms with van der Waals surface area (Å²) in [6.07, 6.45) is 3.93. The van der Waals surface area contributed by atoms with Gasteiger partial charge in [-0.25, -0.2) is 0 Å². The molecule has 0 atom stereocenters. The normalized spacial score (nSPS) is 14.9. The van der Waals surface area contributed by atoms with Gasteiger partial charge in [0, 0.05) is 30.8 Å². The van der Waals surface area contributed by atoms with Crippen LogP contribution in [-0.2, 0) is 4.79 Å². The highest BCUT2D eigenvalue weighted by Crippen LogP contribution is 2.25. The van der Waals surface area contributed by atoms with Gasteiger partial charge in [0.25, 0.3) is 5.22 Å². The first-order valence-corrected chi connectivity index (χ1v) is 8.74. The molecule has 7 heteroatoms. The van der Waals surface area contributed by atoms with Crippen LogP contribution in [0.25, 0.3) is 11.5 Å². The molecular weight excluding hydrogens is 314 g/mol. The van der Waals surface area contributed by atoms with E-state index in [2.05, 4.69) is 10.2 Å². The molecule has 0 aliphatic carbocycles. The van der Waals surface area contributed by atoms with Gasteiger partial charge in [0.1, 0.15) is 5.75 Å². The van der Waals surface area contributed by atoms with E-state index in [4.69, 9.17) is 4.42 Å². The van der Waals surface area contributed by atoms with Crippen molar-refractivity contribution in [3.8, 4) is 17.2 Å². The summed E-state index contributed by atoms with van der Waals surface area (Å²) < 4.78 is 5.57. The summed E-state index contributed by atoms with van der Waals surface area (Å²) in [6, 6.07) is 6.58. The van der Waals surface area contributed by atoms with Crippen LogP contribution in [0.4, 0.5) is 0 Å². The lowest BCUT2D eigenvalue weighted by Crippen LogP contribution is -2.35. The van der Waals surface area contributed by atoms with Crippen molar-refractivity contribution in [1.29, 1.82) is 0 Å². The van der Waals surface area contributed by atoms with Crippen LogP contribution in [0.3, 0.4) is 0 Å². The standard InChI is InChI=1S/C16H19N3O3S/c20-13-6-4-12(5-7-13)15-17-18-16(22-15)23-11-8-14(21)19-9-2-1-3-10-19/h4-7,20H,1-3,8-11H2. The van der Waals surface area contributed by atoms with E-state index in [9.17, 15) is 9.90 Å². The number of piperidine rings is 1. The van der Waals surface area contributed by atoms with E-state index >= 15 is 0 Å². The van der Waals surface area contributed by atoms with E-state index in [-0.39, 0.29) is 11.7 Å². The number of phenols is 1. The molecule has 1 fully saturated rings. The van der Waals surface area contributed by atoms with Crippen LogP contribution in [-0.4, -0.2) is 45.0 Å². The summed E-state index contributed by atoms with van der Waals surface area (Å²) >= 11 is 1.39. The van der Waals surface area contributed by atoms with Gasteiger partial charge in [-0.3, -0.25) is 4.79 Å². The maximum atomic E-state index is 12.1. The Bertz CT molecular complexity index is 651. The highest BCUT2D eigenvalue weighted by Gasteiger charge is 2.16. The fourth-order valence-electron chi connectivity index (χ4n) is 2.52. The predicted octanol–water partition coefficient (Wildman–Crippen LogP) is 2.94. The lowest BCUT2D eigenvalue weighted by Gasteiger charge is -2.26. The second-order valence-corrected chi connectivity index (χ2v) is 6.51. The molecular formula is C16H19N3O3S. The average Bonchev–Trinajstić information content (AvgIpc) is 3.05. The smallest absolute Gasteiger partial charge is 0.276 e. The number of carbonyl (C=O) groups is 1. The molecule has 0 bridgehead atoms. The van der Waals surface area contributed by atoms with E-state index < -0.39 is 0 Å². The van der Waals surface area contributed by atoms with Gasteiger partial charge in [0.15, 0.2) is 0 Å². The Balaban J connectivity index is 1.49. The number of benzene rings is 1. The predicted molar refractivity (Wildman–Crippen MR) is 87.2 cm³/mol. The SMILES string of the molecule is O=C(CCSc1nnc(-c2ccc(O)cc2)o1)N1CCCCC1. The molecule has 1 aliphatic heterocycles. The molecule has 6 nitrogen and oxygen atoms in total. The van der Waals surface area contributed by atoms with Gasteiger partial charge in [-0.05, 0) is 43.5 Å². The molecule has 0 saturated carbocycles. The van der Waals surface area contributed by atoms with Crippen molar-refractivity contribution in [3.63, 3.8) is 0 Å². The highest BCUT2D eigenvalue weighted by molar-refractivity contribution is 7.99. The van der Waals surface area contributed by atoms with Gasteiger partial charge in [0.05, 0.1) is 0 Å². The number of nitrogens with zero attached hydrogens (tertiary/aromatic N) is 3. The van der Waals surface area contributed by atoms with Gasteiger partial charge in [-0.15, -0.1) is 10.2 Å². The molecule has 2 heterocycles. The number of thioether (sulfide) groups is 1. The van der Waals surface area contributed by atoms with Crippen molar-refractivity contribution >= 4 is 17.7 Å². The van der Waals surface area contributed by atoms with E-state index in [1.165, 1.54) is 18.2 Å². The quantitative estimate of drug-likeness (QED) is 0.848. The maximum Gasteiger partial charge on any atom is 0.276 e. The second kappa shape index (κ2) is 7.50. The third-order valence-corrected chi connectivity index (χ3v) is 4.59. The molecule has 1 aliphatic rings. The van der Waals surface area contributed by atoms with Crippen molar-refractivity contribution in [2.24, 2.45) is 0 Å². The zero-order valence-electron chi connectivity index (χ0n) is 12.8.